The molecule has 3 rings (SSSR count). The Morgan fingerprint density at radius 3 is 2.61 bits per heavy atom. The molecule has 6 heteroatoms. The third kappa shape index (κ3) is 3.65. The molecule has 1 N–H and O–H groups in total. The first-order valence-corrected chi connectivity index (χ1v) is 7.76. The second-order valence-corrected chi connectivity index (χ2v) is 5.65. The summed E-state index contributed by atoms with van der Waals surface area (Å²) in [6, 6.07) is 9.79. The Hall–Kier alpha value is -2.47. The maximum atomic E-state index is 5.74. The van der Waals surface area contributed by atoms with Crippen LogP contribution in [0.3, 0.4) is 0 Å². The monoisotopic (exact) mass is 311 g/mol. The molecule has 0 amide bonds. The van der Waals surface area contributed by atoms with Crippen molar-refractivity contribution in [3.8, 4) is 11.5 Å². The highest BCUT2D eigenvalue weighted by Gasteiger charge is 2.13. The van der Waals surface area contributed by atoms with Crippen LogP contribution in [0.25, 0.3) is 11.5 Å². The molecule has 0 aliphatic rings. The molecule has 6 nitrogen and oxygen atoms in total. The van der Waals surface area contributed by atoms with Crippen LogP contribution in [0.2, 0.25) is 0 Å². The van der Waals surface area contributed by atoms with Crippen molar-refractivity contribution in [1.82, 2.24) is 25.1 Å². The van der Waals surface area contributed by atoms with Gasteiger partial charge in [0.2, 0.25) is 11.8 Å². The summed E-state index contributed by atoms with van der Waals surface area (Å²) >= 11 is 0. The summed E-state index contributed by atoms with van der Waals surface area (Å²) in [5, 5.41) is 8.25. The van der Waals surface area contributed by atoms with Crippen molar-refractivity contribution in [2.24, 2.45) is 0 Å². The Morgan fingerprint density at radius 2 is 1.91 bits per heavy atom. The fourth-order valence-corrected chi connectivity index (χ4v) is 2.44. The van der Waals surface area contributed by atoms with Gasteiger partial charge in [-0.05, 0) is 26.1 Å². The van der Waals surface area contributed by atoms with Crippen LogP contribution in [0.5, 0.6) is 0 Å². The number of hydrogen-bond acceptors (Lipinski definition) is 5. The number of nitrogens with zero attached hydrogens (tertiary/aromatic N) is 4. The third-order valence-corrected chi connectivity index (χ3v) is 3.68. The first-order chi connectivity index (χ1) is 11.2. The highest BCUT2D eigenvalue weighted by molar-refractivity contribution is 5.51. The van der Waals surface area contributed by atoms with Crippen LogP contribution < -0.4 is 0 Å². The summed E-state index contributed by atoms with van der Waals surface area (Å²) in [5.41, 5.74) is 3.11. The number of aryl methyl sites for hydroxylation is 2. The molecular formula is C17H21N5O. The van der Waals surface area contributed by atoms with Crippen molar-refractivity contribution >= 4 is 0 Å². The maximum Gasteiger partial charge on any atom is 0.247 e. The Morgan fingerprint density at radius 1 is 1.13 bits per heavy atom. The molecular weight excluding hydrogens is 290 g/mol. The van der Waals surface area contributed by atoms with Gasteiger partial charge >= 0.3 is 0 Å². The van der Waals surface area contributed by atoms with E-state index in [1.54, 1.807) is 0 Å². The van der Waals surface area contributed by atoms with Crippen molar-refractivity contribution in [3.05, 3.63) is 53.4 Å². The molecule has 1 aromatic carbocycles. The van der Waals surface area contributed by atoms with E-state index < -0.39 is 0 Å². The maximum absolute atomic E-state index is 5.74. The Kier molecular flexibility index (Phi) is 4.52. The second-order valence-electron chi connectivity index (χ2n) is 5.65. The summed E-state index contributed by atoms with van der Waals surface area (Å²) in [7, 11) is 2.02. The number of nitrogens with one attached hydrogen (secondary N) is 1. The normalized spacial score (nSPS) is 11.3. The quantitative estimate of drug-likeness (QED) is 0.758. The van der Waals surface area contributed by atoms with Gasteiger partial charge in [0.05, 0.1) is 12.2 Å². The fraction of sp³-hybridized carbons (Fsp3) is 0.353. The number of H-pyrrole nitrogens is 1. The molecule has 2 heterocycles. The largest absolute Gasteiger partial charge is 0.419 e. The molecule has 2 aromatic heterocycles. The summed E-state index contributed by atoms with van der Waals surface area (Å²) in [6.45, 7) is 5.48. The average molecular weight is 311 g/mol. The summed E-state index contributed by atoms with van der Waals surface area (Å²) in [4.78, 5) is 10.0. The predicted octanol–water partition coefficient (Wildman–Crippen LogP) is 2.96. The number of rotatable bonds is 6. The van der Waals surface area contributed by atoms with Crippen LogP contribution in [-0.4, -0.2) is 32.1 Å². The van der Waals surface area contributed by atoms with Gasteiger partial charge in [-0.2, -0.15) is 0 Å². The number of aromatic amines is 1. The van der Waals surface area contributed by atoms with Crippen LogP contribution in [0.15, 0.2) is 34.7 Å². The standard InChI is InChI=1S/C17H21N5O/c1-4-15-18-12(2)14(19-15)10-22(3)11-16-20-21-17(23-16)13-8-6-5-7-9-13/h5-9H,4,10-11H2,1-3H3,(H,18,19). The highest BCUT2D eigenvalue weighted by atomic mass is 16.4. The van der Waals surface area contributed by atoms with Gasteiger partial charge in [-0.3, -0.25) is 4.90 Å². The van der Waals surface area contributed by atoms with E-state index in [4.69, 9.17) is 4.42 Å². The van der Waals surface area contributed by atoms with E-state index in [1.807, 2.05) is 37.4 Å². The molecule has 0 saturated carbocycles. The zero-order valence-electron chi connectivity index (χ0n) is 13.7. The van der Waals surface area contributed by atoms with Gasteiger partial charge in [-0.15, -0.1) is 10.2 Å². The van der Waals surface area contributed by atoms with E-state index in [9.17, 15) is 0 Å². The van der Waals surface area contributed by atoms with E-state index in [1.165, 1.54) is 0 Å². The predicted molar refractivity (Wildman–Crippen MR) is 87.6 cm³/mol. The lowest BCUT2D eigenvalue weighted by molar-refractivity contribution is 0.279. The van der Waals surface area contributed by atoms with E-state index in [0.717, 1.165) is 35.7 Å². The molecule has 0 spiro atoms. The SMILES string of the molecule is CCc1nc(CN(C)Cc2nnc(-c3ccccc3)o2)c(C)[nH]1. The lowest BCUT2D eigenvalue weighted by Gasteiger charge is -2.12. The van der Waals surface area contributed by atoms with Crippen LogP contribution in [0, 0.1) is 6.92 Å². The second kappa shape index (κ2) is 6.75. The zero-order chi connectivity index (χ0) is 16.2. The van der Waals surface area contributed by atoms with Crippen molar-refractivity contribution in [2.75, 3.05) is 7.05 Å². The average Bonchev–Trinajstić information content (AvgIpc) is 3.15. The topological polar surface area (TPSA) is 70.8 Å². The summed E-state index contributed by atoms with van der Waals surface area (Å²) in [6.07, 6.45) is 0.911. The lowest BCUT2D eigenvalue weighted by atomic mass is 10.2. The Balaban J connectivity index is 1.65. The van der Waals surface area contributed by atoms with Crippen molar-refractivity contribution in [2.45, 2.75) is 33.4 Å². The first kappa shape index (κ1) is 15.4. The molecule has 23 heavy (non-hydrogen) atoms. The molecule has 0 unspecified atom stereocenters. The number of hydrogen-bond donors (Lipinski definition) is 1. The molecule has 0 radical (unpaired) electrons. The number of aromatic nitrogens is 4. The minimum Gasteiger partial charge on any atom is -0.419 e. The van der Waals surface area contributed by atoms with Gasteiger partial charge in [0, 0.05) is 24.2 Å². The van der Waals surface area contributed by atoms with Crippen molar-refractivity contribution in [3.63, 3.8) is 0 Å². The molecule has 0 aliphatic carbocycles. The summed E-state index contributed by atoms with van der Waals surface area (Å²) < 4.78 is 5.74. The number of benzene rings is 1. The lowest BCUT2D eigenvalue weighted by Crippen LogP contribution is -2.18. The molecule has 0 aliphatic heterocycles. The fourth-order valence-electron chi connectivity index (χ4n) is 2.44. The zero-order valence-corrected chi connectivity index (χ0v) is 13.7. The third-order valence-electron chi connectivity index (χ3n) is 3.68. The first-order valence-electron chi connectivity index (χ1n) is 7.76. The highest BCUT2D eigenvalue weighted by Crippen LogP contribution is 2.18. The minimum absolute atomic E-state index is 0.554. The van der Waals surface area contributed by atoms with Crippen molar-refractivity contribution < 1.29 is 4.42 Å². The Labute approximate surface area is 135 Å². The molecule has 3 aromatic rings. The number of imidazole rings is 1. The molecule has 0 fully saturated rings. The van der Waals surface area contributed by atoms with Crippen molar-refractivity contribution in [1.29, 1.82) is 0 Å². The molecule has 0 atom stereocenters. The minimum atomic E-state index is 0.554. The van der Waals surface area contributed by atoms with Gasteiger partial charge < -0.3 is 9.40 Å². The van der Waals surface area contributed by atoms with E-state index in [2.05, 4.69) is 38.9 Å². The molecule has 0 saturated heterocycles. The molecule has 120 valence electrons. The van der Waals surface area contributed by atoms with Gasteiger partial charge in [-0.25, -0.2) is 4.98 Å². The van der Waals surface area contributed by atoms with E-state index in [-0.39, 0.29) is 0 Å². The van der Waals surface area contributed by atoms with E-state index in [0.29, 0.717) is 18.3 Å². The van der Waals surface area contributed by atoms with E-state index >= 15 is 0 Å². The van der Waals surface area contributed by atoms with Crippen LogP contribution in [0.1, 0.15) is 30.0 Å². The summed E-state index contributed by atoms with van der Waals surface area (Å²) in [5.74, 6) is 2.18. The Bertz CT molecular complexity index is 762. The smallest absolute Gasteiger partial charge is 0.247 e. The van der Waals surface area contributed by atoms with Crippen LogP contribution >= 0.6 is 0 Å². The van der Waals surface area contributed by atoms with Crippen LogP contribution in [-0.2, 0) is 19.5 Å². The van der Waals surface area contributed by atoms with Gasteiger partial charge in [0.1, 0.15) is 5.82 Å². The molecule has 0 bridgehead atoms. The van der Waals surface area contributed by atoms with Crippen LogP contribution in [0.4, 0.5) is 0 Å². The van der Waals surface area contributed by atoms with Gasteiger partial charge in [-0.1, -0.05) is 25.1 Å². The van der Waals surface area contributed by atoms with Gasteiger partial charge in [0.25, 0.3) is 0 Å². The van der Waals surface area contributed by atoms with Gasteiger partial charge in [0.15, 0.2) is 0 Å².